The van der Waals surface area contributed by atoms with E-state index in [1.54, 1.807) is 6.07 Å². The first-order valence-corrected chi connectivity index (χ1v) is 6.46. The second kappa shape index (κ2) is 5.13. The van der Waals surface area contributed by atoms with Crippen LogP contribution >= 0.6 is 0 Å². The lowest BCUT2D eigenvalue weighted by molar-refractivity contribution is -0.121. The van der Waals surface area contributed by atoms with Crippen LogP contribution in [0.5, 0.6) is 0 Å². The minimum Gasteiger partial charge on any atom is -0.398 e. The molecule has 0 saturated carbocycles. The molecule has 1 fully saturated rings. The van der Waals surface area contributed by atoms with E-state index in [9.17, 15) is 14.7 Å². The van der Waals surface area contributed by atoms with Crippen LogP contribution in [-0.2, 0) is 4.79 Å². The summed E-state index contributed by atoms with van der Waals surface area (Å²) in [5.74, 6) is -0.929. The maximum absolute atomic E-state index is 12.5. The summed E-state index contributed by atoms with van der Waals surface area (Å²) in [5.41, 5.74) is 13.8. The lowest BCUT2D eigenvalue weighted by atomic mass is 10.0. The Labute approximate surface area is 117 Å². The molecule has 20 heavy (non-hydrogen) atoms. The highest BCUT2D eigenvalue weighted by atomic mass is 16.3. The van der Waals surface area contributed by atoms with Crippen LogP contribution in [0.2, 0.25) is 0 Å². The number of benzene rings is 1. The lowest BCUT2D eigenvalue weighted by Gasteiger charge is -2.23. The van der Waals surface area contributed by atoms with Crippen molar-refractivity contribution in [2.24, 2.45) is 5.73 Å². The van der Waals surface area contributed by atoms with Gasteiger partial charge in [-0.25, -0.2) is 0 Å². The van der Waals surface area contributed by atoms with Crippen molar-refractivity contribution in [3.05, 3.63) is 28.8 Å². The standard InChI is InChI=1S/C14H19N3O3/c1-7-3-8(2)11(15)5-10(7)14(20)17-6-9(18)4-12(17)13(16)19/h3,5,9,12,18H,4,6,15H2,1-2H3,(H2,16,19). The molecule has 2 unspecified atom stereocenters. The summed E-state index contributed by atoms with van der Waals surface area (Å²) in [5, 5.41) is 9.66. The number of aliphatic hydroxyl groups is 1. The van der Waals surface area contributed by atoms with Gasteiger partial charge in [0, 0.05) is 24.2 Å². The molecular weight excluding hydrogens is 258 g/mol. The maximum atomic E-state index is 12.5. The van der Waals surface area contributed by atoms with E-state index in [-0.39, 0.29) is 18.9 Å². The van der Waals surface area contributed by atoms with Crippen LogP contribution in [0.3, 0.4) is 0 Å². The highest BCUT2D eigenvalue weighted by Crippen LogP contribution is 2.24. The zero-order chi connectivity index (χ0) is 15.0. The van der Waals surface area contributed by atoms with Gasteiger partial charge in [0.2, 0.25) is 5.91 Å². The Morgan fingerprint density at radius 1 is 1.30 bits per heavy atom. The summed E-state index contributed by atoms with van der Waals surface area (Å²) in [6.45, 7) is 3.79. The smallest absolute Gasteiger partial charge is 0.254 e. The van der Waals surface area contributed by atoms with Crippen molar-refractivity contribution < 1.29 is 14.7 Å². The molecule has 1 aromatic rings. The number of nitrogens with zero attached hydrogens (tertiary/aromatic N) is 1. The number of aryl methyl sites for hydroxylation is 2. The van der Waals surface area contributed by atoms with Crippen molar-refractivity contribution in [3.8, 4) is 0 Å². The zero-order valence-corrected chi connectivity index (χ0v) is 11.6. The molecule has 5 N–H and O–H groups in total. The van der Waals surface area contributed by atoms with Crippen LogP contribution in [0.25, 0.3) is 0 Å². The molecule has 6 heteroatoms. The van der Waals surface area contributed by atoms with Crippen LogP contribution in [0.4, 0.5) is 5.69 Å². The minimum atomic E-state index is -0.764. The van der Waals surface area contributed by atoms with E-state index >= 15 is 0 Å². The molecule has 0 aromatic heterocycles. The molecule has 108 valence electrons. The average Bonchev–Trinajstić information content (AvgIpc) is 2.75. The topological polar surface area (TPSA) is 110 Å². The van der Waals surface area contributed by atoms with Gasteiger partial charge >= 0.3 is 0 Å². The van der Waals surface area contributed by atoms with Gasteiger partial charge in [-0.15, -0.1) is 0 Å². The van der Waals surface area contributed by atoms with E-state index in [0.29, 0.717) is 11.3 Å². The van der Waals surface area contributed by atoms with E-state index in [1.165, 1.54) is 4.90 Å². The largest absolute Gasteiger partial charge is 0.398 e. The van der Waals surface area contributed by atoms with Crippen molar-refractivity contribution >= 4 is 17.5 Å². The highest BCUT2D eigenvalue weighted by Gasteiger charge is 2.38. The quantitative estimate of drug-likeness (QED) is 0.658. The van der Waals surface area contributed by atoms with Gasteiger partial charge in [-0.3, -0.25) is 9.59 Å². The normalized spacial score (nSPS) is 22.1. The first kappa shape index (κ1) is 14.3. The Kier molecular flexibility index (Phi) is 3.67. The first-order chi connectivity index (χ1) is 9.31. The Morgan fingerprint density at radius 3 is 2.55 bits per heavy atom. The van der Waals surface area contributed by atoms with Crippen LogP contribution in [-0.4, -0.2) is 40.5 Å². The number of primary amides is 1. The Hall–Kier alpha value is -2.08. The molecule has 2 atom stereocenters. The number of likely N-dealkylation sites (tertiary alicyclic amines) is 1. The molecule has 2 rings (SSSR count). The van der Waals surface area contributed by atoms with E-state index in [0.717, 1.165) is 11.1 Å². The second-order valence-electron chi connectivity index (χ2n) is 5.29. The van der Waals surface area contributed by atoms with Crippen LogP contribution in [0.1, 0.15) is 27.9 Å². The van der Waals surface area contributed by atoms with Crippen LogP contribution < -0.4 is 11.5 Å². The van der Waals surface area contributed by atoms with Gasteiger partial charge in [-0.05, 0) is 31.0 Å². The van der Waals surface area contributed by atoms with Crippen molar-refractivity contribution in [2.45, 2.75) is 32.4 Å². The molecular formula is C14H19N3O3. The zero-order valence-electron chi connectivity index (χ0n) is 11.6. The number of β-amino-alcohol motifs (C(OH)–C–C–N with tert-alkyl or cyclic N) is 1. The molecule has 1 aliphatic heterocycles. The third-order valence-corrected chi connectivity index (χ3v) is 3.71. The van der Waals surface area contributed by atoms with Gasteiger partial charge in [0.25, 0.3) is 5.91 Å². The molecule has 1 aliphatic rings. The number of carbonyl (C=O) groups excluding carboxylic acids is 2. The van der Waals surface area contributed by atoms with Gasteiger partial charge < -0.3 is 21.5 Å². The number of aliphatic hydroxyl groups excluding tert-OH is 1. The number of rotatable bonds is 2. The summed E-state index contributed by atoms with van der Waals surface area (Å²) in [6.07, 6.45) is -0.541. The van der Waals surface area contributed by atoms with Crippen LogP contribution in [0, 0.1) is 13.8 Å². The lowest BCUT2D eigenvalue weighted by Crippen LogP contribution is -2.44. The number of hydrogen-bond donors (Lipinski definition) is 3. The number of carbonyl (C=O) groups is 2. The minimum absolute atomic E-state index is 0.111. The molecule has 6 nitrogen and oxygen atoms in total. The Bertz CT molecular complexity index is 571. The summed E-state index contributed by atoms with van der Waals surface area (Å²) >= 11 is 0. The summed E-state index contributed by atoms with van der Waals surface area (Å²) in [6, 6.07) is 2.67. The molecule has 1 heterocycles. The van der Waals surface area contributed by atoms with Gasteiger partial charge in [-0.1, -0.05) is 6.07 Å². The number of nitrogens with two attached hydrogens (primary N) is 2. The average molecular weight is 277 g/mol. The number of amides is 2. The van der Waals surface area contributed by atoms with E-state index in [2.05, 4.69) is 0 Å². The summed E-state index contributed by atoms with van der Waals surface area (Å²) in [7, 11) is 0. The van der Waals surface area contributed by atoms with Crippen molar-refractivity contribution in [1.82, 2.24) is 4.90 Å². The fourth-order valence-corrected chi connectivity index (χ4v) is 2.56. The fraction of sp³-hybridized carbons (Fsp3) is 0.429. The van der Waals surface area contributed by atoms with Crippen molar-refractivity contribution in [1.29, 1.82) is 0 Å². The highest BCUT2D eigenvalue weighted by molar-refractivity contribution is 5.99. The molecule has 1 saturated heterocycles. The predicted molar refractivity (Wildman–Crippen MR) is 75.0 cm³/mol. The SMILES string of the molecule is Cc1cc(C)c(C(=O)N2CC(O)CC2C(N)=O)cc1N. The van der Waals surface area contributed by atoms with E-state index < -0.39 is 18.1 Å². The molecule has 0 bridgehead atoms. The van der Waals surface area contributed by atoms with Gasteiger partial charge in [-0.2, -0.15) is 0 Å². The fourth-order valence-electron chi connectivity index (χ4n) is 2.56. The monoisotopic (exact) mass is 277 g/mol. The third kappa shape index (κ3) is 2.46. The number of hydrogen-bond acceptors (Lipinski definition) is 4. The molecule has 0 aliphatic carbocycles. The van der Waals surface area contributed by atoms with Crippen LogP contribution in [0.15, 0.2) is 12.1 Å². The number of anilines is 1. The summed E-state index contributed by atoms with van der Waals surface area (Å²) in [4.78, 5) is 25.3. The number of nitrogen functional groups attached to an aromatic ring is 1. The van der Waals surface area contributed by atoms with Crippen molar-refractivity contribution in [2.75, 3.05) is 12.3 Å². The molecule has 2 amide bonds. The van der Waals surface area contributed by atoms with Gasteiger partial charge in [0.05, 0.1) is 6.10 Å². The Balaban J connectivity index is 2.36. The van der Waals surface area contributed by atoms with Crippen molar-refractivity contribution in [3.63, 3.8) is 0 Å². The third-order valence-electron chi connectivity index (χ3n) is 3.71. The first-order valence-electron chi connectivity index (χ1n) is 6.46. The van der Waals surface area contributed by atoms with E-state index in [1.807, 2.05) is 19.9 Å². The Morgan fingerprint density at radius 2 is 1.95 bits per heavy atom. The van der Waals surface area contributed by atoms with E-state index in [4.69, 9.17) is 11.5 Å². The molecule has 0 spiro atoms. The second-order valence-corrected chi connectivity index (χ2v) is 5.29. The molecule has 0 radical (unpaired) electrons. The molecule has 1 aromatic carbocycles. The maximum Gasteiger partial charge on any atom is 0.254 e. The van der Waals surface area contributed by atoms with Gasteiger partial charge in [0.1, 0.15) is 6.04 Å². The summed E-state index contributed by atoms with van der Waals surface area (Å²) < 4.78 is 0. The van der Waals surface area contributed by atoms with Gasteiger partial charge in [0.15, 0.2) is 0 Å². The predicted octanol–water partition coefficient (Wildman–Crippen LogP) is -0.0537.